The minimum Gasteiger partial charge on any atom is -0.508 e. The molecule has 0 aliphatic carbocycles. The van der Waals surface area contributed by atoms with Crippen LogP contribution in [-0.2, 0) is 4.79 Å². The minimum absolute atomic E-state index is 0.121. The number of hydrogen-bond donors (Lipinski definition) is 1. The minimum atomic E-state index is -0.121. The van der Waals surface area contributed by atoms with Crippen LogP contribution in [0.15, 0.2) is 59.5 Å². The lowest BCUT2D eigenvalue weighted by Gasteiger charge is -2.13. The summed E-state index contributed by atoms with van der Waals surface area (Å²) in [6.45, 7) is 0. The first-order chi connectivity index (χ1) is 10.1. The number of carbonyl (C=O) groups is 1. The van der Waals surface area contributed by atoms with Crippen molar-refractivity contribution in [3.05, 3.63) is 65.1 Å². The number of para-hydroxylation sites is 1. The summed E-state index contributed by atoms with van der Waals surface area (Å²) >= 11 is 6.58. The molecule has 2 aromatic carbocycles. The topological polar surface area (TPSA) is 40.5 Å². The second kappa shape index (κ2) is 5.71. The molecule has 0 unspecified atom stereocenters. The first-order valence-electron chi connectivity index (χ1n) is 6.27. The number of aromatic hydroxyl groups is 1. The summed E-state index contributed by atoms with van der Waals surface area (Å²) in [6, 6.07) is 16.0. The van der Waals surface area contributed by atoms with Gasteiger partial charge in [0.05, 0.1) is 10.6 Å². The number of phenolic OH excluding ortho intramolecular Hbond substituents is 1. The third-order valence-electron chi connectivity index (χ3n) is 3.00. The van der Waals surface area contributed by atoms with Crippen LogP contribution in [0.5, 0.6) is 5.75 Å². The molecule has 1 amide bonds. The number of amides is 1. The van der Waals surface area contributed by atoms with Gasteiger partial charge >= 0.3 is 0 Å². The van der Waals surface area contributed by atoms with E-state index >= 15 is 0 Å². The summed E-state index contributed by atoms with van der Waals surface area (Å²) < 4.78 is 0.524. The van der Waals surface area contributed by atoms with Gasteiger partial charge in [0.15, 0.2) is 4.32 Å². The van der Waals surface area contributed by atoms with Crippen LogP contribution in [-0.4, -0.2) is 15.3 Å². The molecule has 0 spiro atoms. The number of rotatable bonds is 2. The molecular formula is C16H11NO2S2. The maximum atomic E-state index is 12.5. The summed E-state index contributed by atoms with van der Waals surface area (Å²) in [7, 11) is 0. The van der Waals surface area contributed by atoms with Crippen molar-refractivity contribution in [2.45, 2.75) is 0 Å². The van der Waals surface area contributed by atoms with E-state index in [1.807, 2.05) is 30.3 Å². The molecule has 104 valence electrons. The summed E-state index contributed by atoms with van der Waals surface area (Å²) in [6.07, 6.45) is 1.78. The summed E-state index contributed by atoms with van der Waals surface area (Å²) in [5.41, 5.74) is 1.62. The lowest BCUT2D eigenvalue weighted by atomic mass is 10.2. The van der Waals surface area contributed by atoms with Gasteiger partial charge < -0.3 is 5.11 Å². The number of benzene rings is 2. The number of hydrogen-bond acceptors (Lipinski definition) is 4. The Labute approximate surface area is 131 Å². The number of phenols is 1. The van der Waals surface area contributed by atoms with Crippen LogP contribution in [0, 0.1) is 0 Å². The number of thioether (sulfide) groups is 1. The van der Waals surface area contributed by atoms with Gasteiger partial charge in [0.25, 0.3) is 5.91 Å². The molecule has 0 atom stereocenters. The Bertz CT molecular complexity index is 724. The van der Waals surface area contributed by atoms with Gasteiger partial charge in [-0.15, -0.1) is 0 Å². The Kier molecular flexibility index (Phi) is 3.77. The third-order valence-corrected chi connectivity index (χ3v) is 4.30. The molecule has 1 aliphatic rings. The van der Waals surface area contributed by atoms with Gasteiger partial charge in [0, 0.05) is 0 Å². The van der Waals surface area contributed by atoms with Gasteiger partial charge in [-0.1, -0.05) is 54.3 Å². The molecule has 21 heavy (non-hydrogen) atoms. The molecule has 3 rings (SSSR count). The second-order valence-electron chi connectivity index (χ2n) is 4.44. The highest BCUT2D eigenvalue weighted by atomic mass is 32.2. The van der Waals surface area contributed by atoms with E-state index in [4.69, 9.17) is 12.2 Å². The predicted molar refractivity (Wildman–Crippen MR) is 90.2 cm³/mol. The molecule has 1 aliphatic heterocycles. The van der Waals surface area contributed by atoms with Crippen LogP contribution in [0.2, 0.25) is 0 Å². The van der Waals surface area contributed by atoms with Crippen molar-refractivity contribution in [3.8, 4) is 5.75 Å². The molecule has 0 bridgehead atoms. The van der Waals surface area contributed by atoms with E-state index < -0.39 is 0 Å². The monoisotopic (exact) mass is 313 g/mol. The molecule has 1 N–H and O–H groups in total. The van der Waals surface area contributed by atoms with Crippen molar-refractivity contribution < 1.29 is 9.90 Å². The van der Waals surface area contributed by atoms with E-state index in [9.17, 15) is 9.90 Å². The lowest BCUT2D eigenvalue weighted by molar-refractivity contribution is -0.113. The summed E-state index contributed by atoms with van der Waals surface area (Å²) in [4.78, 5) is 14.6. The van der Waals surface area contributed by atoms with E-state index in [2.05, 4.69) is 0 Å². The Morgan fingerprint density at radius 1 is 1.05 bits per heavy atom. The quantitative estimate of drug-likeness (QED) is 0.676. The van der Waals surface area contributed by atoms with Gasteiger partial charge in [0.1, 0.15) is 5.75 Å². The predicted octanol–water partition coefficient (Wildman–Crippen LogP) is 3.80. The van der Waals surface area contributed by atoms with Crippen LogP contribution in [0.25, 0.3) is 6.08 Å². The number of anilines is 1. The van der Waals surface area contributed by atoms with Crippen LogP contribution >= 0.6 is 24.0 Å². The molecule has 1 saturated heterocycles. The smallest absolute Gasteiger partial charge is 0.270 e. The molecule has 2 aromatic rings. The zero-order valence-electron chi connectivity index (χ0n) is 10.9. The van der Waals surface area contributed by atoms with Crippen molar-refractivity contribution in [2.75, 3.05) is 4.90 Å². The Hall–Kier alpha value is -2.11. The molecule has 1 fully saturated rings. The highest BCUT2D eigenvalue weighted by molar-refractivity contribution is 8.27. The van der Waals surface area contributed by atoms with Crippen molar-refractivity contribution >= 4 is 46.0 Å². The van der Waals surface area contributed by atoms with E-state index in [1.165, 1.54) is 16.7 Å². The fourth-order valence-electron chi connectivity index (χ4n) is 1.99. The van der Waals surface area contributed by atoms with E-state index in [1.54, 1.807) is 30.3 Å². The van der Waals surface area contributed by atoms with E-state index in [0.717, 1.165) is 11.3 Å². The molecule has 0 saturated carbocycles. The average molecular weight is 313 g/mol. The zero-order valence-corrected chi connectivity index (χ0v) is 12.5. The largest absolute Gasteiger partial charge is 0.508 e. The van der Waals surface area contributed by atoms with E-state index in [0.29, 0.717) is 9.23 Å². The van der Waals surface area contributed by atoms with Crippen molar-refractivity contribution in [1.29, 1.82) is 0 Å². The van der Waals surface area contributed by atoms with Gasteiger partial charge in [-0.25, -0.2) is 0 Å². The molecule has 1 heterocycles. The first-order valence-corrected chi connectivity index (χ1v) is 7.50. The number of thiocarbonyl (C=S) groups is 1. The molecule has 5 heteroatoms. The van der Waals surface area contributed by atoms with Crippen molar-refractivity contribution in [2.24, 2.45) is 0 Å². The van der Waals surface area contributed by atoms with Crippen LogP contribution in [0.3, 0.4) is 0 Å². The highest BCUT2D eigenvalue weighted by Gasteiger charge is 2.33. The zero-order chi connectivity index (χ0) is 14.8. The Morgan fingerprint density at radius 2 is 1.71 bits per heavy atom. The average Bonchev–Trinajstić information content (AvgIpc) is 2.77. The van der Waals surface area contributed by atoms with Crippen LogP contribution < -0.4 is 4.90 Å². The maximum absolute atomic E-state index is 12.5. The van der Waals surface area contributed by atoms with Gasteiger partial charge in [-0.2, -0.15) is 0 Å². The first kappa shape index (κ1) is 13.9. The Balaban J connectivity index is 1.92. The van der Waals surface area contributed by atoms with E-state index in [-0.39, 0.29) is 11.7 Å². The molecule has 0 radical (unpaired) electrons. The highest BCUT2D eigenvalue weighted by Crippen LogP contribution is 2.35. The fourth-order valence-corrected chi connectivity index (χ4v) is 3.29. The normalized spacial score (nSPS) is 16.8. The van der Waals surface area contributed by atoms with Crippen LogP contribution in [0.1, 0.15) is 5.56 Å². The molecule has 3 nitrogen and oxygen atoms in total. The number of nitrogens with zero attached hydrogens (tertiary/aromatic N) is 1. The summed E-state index contributed by atoms with van der Waals surface area (Å²) in [5, 5.41) is 9.28. The van der Waals surface area contributed by atoms with Crippen molar-refractivity contribution in [3.63, 3.8) is 0 Å². The van der Waals surface area contributed by atoms with Crippen molar-refractivity contribution in [1.82, 2.24) is 0 Å². The third kappa shape index (κ3) is 2.84. The lowest BCUT2D eigenvalue weighted by Crippen LogP contribution is -2.27. The van der Waals surface area contributed by atoms with Gasteiger partial charge in [0.2, 0.25) is 0 Å². The maximum Gasteiger partial charge on any atom is 0.270 e. The summed E-state index contributed by atoms with van der Waals surface area (Å²) in [5.74, 6) is 0.0771. The van der Waals surface area contributed by atoms with Gasteiger partial charge in [-0.3, -0.25) is 9.69 Å². The number of carbonyl (C=O) groups excluding carboxylic acids is 1. The second-order valence-corrected chi connectivity index (χ2v) is 6.12. The SMILES string of the molecule is O=C1/C(=C\c2ccc(O)cc2)SC(=S)N1c1ccccc1. The molecule has 0 aromatic heterocycles. The van der Waals surface area contributed by atoms with Gasteiger partial charge in [-0.05, 0) is 35.9 Å². The van der Waals surface area contributed by atoms with Crippen LogP contribution in [0.4, 0.5) is 5.69 Å². The Morgan fingerprint density at radius 3 is 2.38 bits per heavy atom. The molecular weight excluding hydrogens is 302 g/mol. The standard InChI is InChI=1S/C16H11NO2S2/c18-13-8-6-11(7-9-13)10-14-15(19)17(16(20)21-14)12-4-2-1-3-5-12/h1-10,18H/b14-10+. The fraction of sp³-hybridized carbons (Fsp3) is 0.